The van der Waals surface area contributed by atoms with Crippen LogP contribution in [0.1, 0.15) is 35.0 Å². The predicted molar refractivity (Wildman–Crippen MR) is 116 cm³/mol. The van der Waals surface area contributed by atoms with E-state index >= 15 is 0 Å². The molecule has 1 atom stereocenters. The molecular formula is C24H25NO6. The number of rotatable bonds is 8. The summed E-state index contributed by atoms with van der Waals surface area (Å²) >= 11 is 0. The average Bonchev–Trinajstić information content (AvgIpc) is 2.76. The highest BCUT2D eigenvalue weighted by Gasteiger charge is 2.25. The first-order valence-corrected chi connectivity index (χ1v) is 9.89. The van der Waals surface area contributed by atoms with Crippen molar-refractivity contribution in [2.45, 2.75) is 25.7 Å². The van der Waals surface area contributed by atoms with Gasteiger partial charge in [-0.05, 0) is 48.7 Å². The van der Waals surface area contributed by atoms with E-state index in [1.807, 2.05) is 0 Å². The van der Waals surface area contributed by atoms with E-state index in [-0.39, 0.29) is 23.8 Å². The van der Waals surface area contributed by atoms with Crippen LogP contribution in [-0.4, -0.2) is 29.8 Å². The van der Waals surface area contributed by atoms with Crippen LogP contribution in [0.25, 0.3) is 0 Å². The van der Waals surface area contributed by atoms with Crippen molar-refractivity contribution in [2.75, 3.05) is 13.7 Å². The van der Waals surface area contributed by atoms with Crippen molar-refractivity contribution < 1.29 is 24.2 Å². The van der Waals surface area contributed by atoms with Gasteiger partial charge >= 0.3 is 0 Å². The fourth-order valence-corrected chi connectivity index (χ4v) is 3.33. The molecule has 0 aliphatic carbocycles. The molecule has 0 aliphatic rings. The minimum Gasteiger partial charge on any atom is -0.508 e. The second-order valence-electron chi connectivity index (χ2n) is 7.23. The van der Waals surface area contributed by atoms with Gasteiger partial charge < -0.3 is 24.7 Å². The van der Waals surface area contributed by atoms with Crippen molar-refractivity contribution in [2.24, 2.45) is 0 Å². The Morgan fingerprint density at radius 1 is 1.10 bits per heavy atom. The van der Waals surface area contributed by atoms with Crippen LogP contribution in [0.15, 0.2) is 63.8 Å². The van der Waals surface area contributed by atoms with Crippen molar-refractivity contribution in [1.82, 2.24) is 5.32 Å². The summed E-state index contributed by atoms with van der Waals surface area (Å²) in [6, 6.07) is 15.0. The lowest BCUT2D eigenvalue weighted by molar-refractivity contribution is -0.121. The summed E-state index contributed by atoms with van der Waals surface area (Å²) in [5.41, 5.74) is 1.13. The SMILES string of the molecule is COc1ccc(C(CC(=O)NCCc2ccc(O)cc2)c2oc(C)cc(=O)c2O)cc1. The van der Waals surface area contributed by atoms with E-state index < -0.39 is 17.1 Å². The lowest BCUT2D eigenvalue weighted by Crippen LogP contribution is -2.27. The number of amides is 1. The third-order valence-corrected chi connectivity index (χ3v) is 4.97. The summed E-state index contributed by atoms with van der Waals surface area (Å²) in [6.07, 6.45) is 0.589. The molecule has 0 fully saturated rings. The van der Waals surface area contributed by atoms with Crippen LogP contribution in [0.3, 0.4) is 0 Å². The molecule has 0 saturated heterocycles. The first kappa shape index (κ1) is 22.0. The number of aromatic hydroxyl groups is 2. The summed E-state index contributed by atoms with van der Waals surface area (Å²) in [6.45, 7) is 2.02. The van der Waals surface area contributed by atoms with Crippen molar-refractivity contribution >= 4 is 5.91 Å². The Hall–Kier alpha value is -3.74. The molecule has 0 bridgehead atoms. The lowest BCUT2D eigenvalue weighted by Gasteiger charge is -2.18. The summed E-state index contributed by atoms with van der Waals surface area (Å²) in [4.78, 5) is 24.8. The number of carbonyl (C=O) groups excluding carboxylic acids is 1. The molecule has 1 aromatic heterocycles. The summed E-state index contributed by atoms with van der Waals surface area (Å²) in [7, 11) is 1.56. The molecule has 0 radical (unpaired) electrons. The van der Waals surface area contributed by atoms with Gasteiger partial charge in [-0.3, -0.25) is 9.59 Å². The molecule has 1 amide bonds. The number of phenolic OH excluding ortho intramolecular Hbond substituents is 1. The number of methoxy groups -OCH3 is 1. The fraction of sp³-hybridized carbons (Fsp3) is 0.250. The van der Waals surface area contributed by atoms with Crippen LogP contribution in [-0.2, 0) is 11.2 Å². The molecule has 31 heavy (non-hydrogen) atoms. The predicted octanol–water partition coefficient (Wildman–Crippen LogP) is 3.25. The molecule has 7 nitrogen and oxygen atoms in total. The largest absolute Gasteiger partial charge is 0.508 e. The molecule has 162 valence electrons. The molecule has 1 heterocycles. The monoisotopic (exact) mass is 423 g/mol. The van der Waals surface area contributed by atoms with Gasteiger partial charge in [0, 0.05) is 19.0 Å². The van der Waals surface area contributed by atoms with Crippen LogP contribution < -0.4 is 15.5 Å². The first-order valence-electron chi connectivity index (χ1n) is 9.89. The number of nitrogens with one attached hydrogen (secondary N) is 1. The molecule has 0 aliphatic heterocycles. The van der Waals surface area contributed by atoms with Crippen molar-refractivity contribution in [1.29, 1.82) is 0 Å². The zero-order valence-electron chi connectivity index (χ0n) is 17.4. The molecule has 3 aromatic rings. The first-order chi connectivity index (χ1) is 14.9. The number of carbonyl (C=O) groups is 1. The van der Waals surface area contributed by atoms with Gasteiger partial charge in [0.1, 0.15) is 17.3 Å². The maximum atomic E-state index is 12.7. The highest BCUT2D eigenvalue weighted by molar-refractivity contribution is 5.77. The number of hydrogen-bond acceptors (Lipinski definition) is 6. The number of benzene rings is 2. The van der Waals surface area contributed by atoms with Crippen LogP contribution in [0, 0.1) is 6.92 Å². The van der Waals surface area contributed by atoms with Crippen LogP contribution in [0.4, 0.5) is 0 Å². The van der Waals surface area contributed by atoms with Crippen LogP contribution in [0.2, 0.25) is 0 Å². The van der Waals surface area contributed by atoms with E-state index in [2.05, 4.69) is 5.32 Å². The highest BCUT2D eigenvalue weighted by Crippen LogP contribution is 2.33. The molecule has 3 rings (SSSR count). The summed E-state index contributed by atoms with van der Waals surface area (Å²) in [5, 5.41) is 22.5. The maximum Gasteiger partial charge on any atom is 0.227 e. The molecular weight excluding hydrogens is 398 g/mol. The lowest BCUT2D eigenvalue weighted by atomic mass is 9.91. The third-order valence-electron chi connectivity index (χ3n) is 4.97. The Morgan fingerprint density at radius 3 is 2.42 bits per heavy atom. The van der Waals surface area contributed by atoms with Gasteiger partial charge in [0.05, 0.1) is 13.0 Å². The van der Waals surface area contributed by atoms with E-state index in [0.29, 0.717) is 30.0 Å². The molecule has 3 N–H and O–H groups in total. The minimum absolute atomic E-state index is 0.0120. The number of aryl methyl sites for hydroxylation is 1. The standard InChI is InChI=1S/C24H25NO6/c1-15-13-21(27)23(29)24(31-15)20(17-5-9-19(30-2)10-6-17)14-22(28)25-12-11-16-3-7-18(26)8-4-16/h3-10,13,20,26,29H,11-12,14H2,1-2H3,(H,25,28). The Morgan fingerprint density at radius 2 is 1.77 bits per heavy atom. The zero-order valence-corrected chi connectivity index (χ0v) is 17.4. The Balaban J connectivity index is 1.78. The Kier molecular flexibility index (Phi) is 6.97. The molecule has 1 unspecified atom stereocenters. The van der Waals surface area contributed by atoms with Crippen molar-refractivity contribution in [3.63, 3.8) is 0 Å². The number of phenols is 1. The van der Waals surface area contributed by atoms with Gasteiger partial charge in [-0.1, -0.05) is 24.3 Å². The highest BCUT2D eigenvalue weighted by atomic mass is 16.5. The smallest absolute Gasteiger partial charge is 0.227 e. The van der Waals surface area contributed by atoms with Gasteiger partial charge in [0.25, 0.3) is 0 Å². The minimum atomic E-state index is -0.646. The maximum absolute atomic E-state index is 12.7. The van der Waals surface area contributed by atoms with Gasteiger partial charge in [-0.2, -0.15) is 0 Å². The quantitative estimate of drug-likeness (QED) is 0.513. The second-order valence-corrected chi connectivity index (χ2v) is 7.23. The molecule has 0 saturated carbocycles. The van der Waals surface area contributed by atoms with E-state index in [0.717, 1.165) is 5.56 Å². The van der Waals surface area contributed by atoms with Crippen LogP contribution in [0.5, 0.6) is 17.2 Å². The normalized spacial score (nSPS) is 11.7. The van der Waals surface area contributed by atoms with Gasteiger partial charge in [-0.25, -0.2) is 0 Å². The topological polar surface area (TPSA) is 109 Å². The zero-order chi connectivity index (χ0) is 22.4. The average molecular weight is 423 g/mol. The second kappa shape index (κ2) is 9.84. The van der Waals surface area contributed by atoms with Gasteiger partial charge in [-0.15, -0.1) is 0 Å². The fourth-order valence-electron chi connectivity index (χ4n) is 3.33. The van der Waals surface area contributed by atoms with E-state index in [4.69, 9.17) is 9.15 Å². The van der Waals surface area contributed by atoms with Gasteiger partial charge in [0.2, 0.25) is 17.1 Å². The number of hydrogen-bond donors (Lipinski definition) is 3. The Labute approximate surface area is 179 Å². The molecule has 2 aromatic carbocycles. The van der Waals surface area contributed by atoms with Crippen molar-refractivity contribution in [3.8, 4) is 17.2 Å². The van der Waals surface area contributed by atoms with Crippen molar-refractivity contribution in [3.05, 3.63) is 87.5 Å². The molecule has 0 spiro atoms. The summed E-state index contributed by atoms with van der Waals surface area (Å²) in [5.74, 6) is -0.142. The van der Waals surface area contributed by atoms with Gasteiger partial charge in [0.15, 0.2) is 5.76 Å². The van der Waals surface area contributed by atoms with E-state index in [1.54, 1.807) is 62.6 Å². The third kappa shape index (κ3) is 5.66. The van der Waals surface area contributed by atoms with E-state index in [9.17, 15) is 19.8 Å². The summed E-state index contributed by atoms with van der Waals surface area (Å²) < 4.78 is 10.8. The number of ether oxygens (including phenoxy) is 1. The van der Waals surface area contributed by atoms with E-state index in [1.165, 1.54) is 6.07 Å². The molecule has 7 heteroatoms. The van der Waals surface area contributed by atoms with Crippen LogP contribution >= 0.6 is 0 Å². The Bertz CT molecular complexity index is 1090.